The van der Waals surface area contributed by atoms with Crippen molar-refractivity contribution in [1.82, 2.24) is 10.3 Å². The van der Waals surface area contributed by atoms with E-state index in [1.807, 2.05) is 25.4 Å². The van der Waals surface area contributed by atoms with Gasteiger partial charge >= 0.3 is 0 Å². The van der Waals surface area contributed by atoms with E-state index in [9.17, 15) is 0 Å². The van der Waals surface area contributed by atoms with E-state index in [1.54, 1.807) is 14.2 Å². The second-order valence-corrected chi connectivity index (χ2v) is 3.60. The van der Waals surface area contributed by atoms with Crippen molar-refractivity contribution in [3.8, 4) is 11.5 Å². The molecule has 1 aromatic carbocycles. The zero-order chi connectivity index (χ0) is 11.5. The predicted octanol–water partition coefficient (Wildman–Crippen LogP) is 1.90. The number of methoxy groups -OCH3 is 2. The molecule has 0 saturated carbocycles. The minimum Gasteiger partial charge on any atom is -0.497 e. The number of nitrogens with one attached hydrogen (secondary N) is 2. The molecule has 0 aliphatic heterocycles. The van der Waals surface area contributed by atoms with Gasteiger partial charge in [0.2, 0.25) is 0 Å². The quantitative estimate of drug-likeness (QED) is 0.827. The van der Waals surface area contributed by atoms with Crippen LogP contribution in [0.3, 0.4) is 0 Å². The van der Waals surface area contributed by atoms with Crippen LogP contribution >= 0.6 is 0 Å². The lowest BCUT2D eigenvalue weighted by Crippen LogP contribution is -2.04. The molecule has 2 aromatic rings. The number of hydrogen-bond donors (Lipinski definition) is 2. The number of fused-ring (bicyclic) bond motifs is 1. The molecule has 4 nitrogen and oxygen atoms in total. The molecule has 0 unspecified atom stereocenters. The van der Waals surface area contributed by atoms with Crippen LogP contribution in [-0.2, 0) is 6.54 Å². The van der Waals surface area contributed by atoms with Crippen molar-refractivity contribution >= 4 is 10.9 Å². The molecule has 0 radical (unpaired) electrons. The smallest absolute Gasteiger partial charge is 0.132 e. The van der Waals surface area contributed by atoms with E-state index in [2.05, 4.69) is 10.3 Å². The Balaban J connectivity index is 2.62. The zero-order valence-electron chi connectivity index (χ0n) is 9.76. The molecule has 0 bridgehead atoms. The van der Waals surface area contributed by atoms with E-state index in [0.29, 0.717) is 0 Å². The Morgan fingerprint density at radius 1 is 1.25 bits per heavy atom. The summed E-state index contributed by atoms with van der Waals surface area (Å²) in [6.07, 6.45) is 1.99. The first-order valence-electron chi connectivity index (χ1n) is 5.16. The molecular formula is C12H16N2O2. The highest BCUT2D eigenvalue weighted by molar-refractivity contribution is 5.90. The summed E-state index contributed by atoms with van der Waals surface area (Å²) in [6.45, 7) is 0.808. The Labute approximate surface area is 94.6 Å². The van der Waals surface area contributed by atoms with Gasteiger partial charge in [0.25, 0.3) is 0 Å². The highest BCUT2D eigenvalue weighted by Crippen LogP contribution is 2.33. The standard InChI is InChI=1S/C12H16N2O2/c1-13-6-8-7-14-10-4-9(15-2)5-11(16-3)12(8)10/h4-5,7,13-14H,6H2,1-3H3. The first-order chi connectivity index (χ1) is 7.80. The topological polar surface area (TPSA) is 46.3 Å². The Kier molecular flexibility index (Phi) is 3.01. The van der Waals surface area contributed by atoms with E-state index in [0.717, 1.165) is 28.9 Å². The summed E-state index contributed by atoms with van der Waals surface area (Å²) in [4.78, 5) is 3.22. The third kappa shape index (κ3) is 1.72. The number of rotatable bonds is 4. The first kappa shape index (κ1) is 10.8. The summed E-state index contributed by atoms with van der Waals surface area (Å²) >= 11 is 0. The van der Waals surface area contributed by atoms with Crippen LogP contribution in [0.2, 0.25) is 0 Å². The van der Waals surface area contributed by atoms with Gasteiger partial charge in [-0.25, -0.2) is 0 Å². The molecule has 4 heteroatoms. The molecule has 0 aliphatic rings. The lowest BCUT2D eigenvalue weighted by atomic mass is 10.1. The molecule has 0 atom stereocenters. The van der Waals surface area contributed by atoms with Crippen molar-refractivity contribution in [2.45, 2.75) is 6.54 Å². The largest absolute Gasteiger partial charge is 0.497 e. The van der Waals surface area contributed by atoms with E-state index in [4.69, 9.17) is 9.47 Å². The maximum absolute atomic E-state index is 5.39. The summed E-state index contributed by atoms with van der Waals surface area (Å²) in [6, 6.07) is 3.87. The molecule has 0 fully saturated rings. The molecular weight excluding hydrogens is 204 g/mol. The summed E-state index contributed by atoms with van der Waals surface area (Å²) in [5.74, 6) is 1.63. The van der Waals surface area contributed by atoms with Gasteiger partial charge in [-0.3, -0.25) is 0 Å². The Hall–Kier alpha value is -1.68. The normalized spacial score (nSPS) is 10.7. The number of benzene rings is 1. The molecule has 1 aromatic heterocycles. The van der Waals surface area contributed by atoms with Crippen LogP contribution in [0.15, 0.2) is 18.3 Å². The molecule has 0 saturated heterocycles. The van der Waals surface area contributed by atoms with Crippen LogP contribution in [0, 0.1) is 0 Å². The monoisotopic (exact) mass is 220 g/mol. The minimum absolute atomic E-state index is 0.794. The van der Waals surface area contributed by atoms with Crippen molar-refractivity contribution in [1.29, 1.82) is 0 Å². The predicted molar refractivity (Wildman–Crippen MR) is 64.2 cm³/mol. The molecule has 1 heterocycles. The number of ether oxygens (including phenoxy) is 2. The second kappa shape index (κ2) is 4.45. The average molecular weight is 220 g/mol. The van der Waals surface area contributed by atoms with Crippen molar-refractivity contribution in [2.75, 3.05) is 21.3 Å². The van der Waals surface area contributed by atoms with Gasteiger partial charge in [-0.2, -0.15) is 0 Å². The number of H-pyrrole nitrogens is 1. The van der Waals surface area contributed by atoms with Crippen LogP contribution in [0.4, 0.5) is 0 Å². The lowest BCUT2D eigenvalue weighted by molar-refractivity contribution is 0.398. The molecule has 0 aliphatic carbocycles. The van der Waals surface area contributed by atoms with Crippen molar-refractivity contribution in [3.05, 3.63) is 23.9 Å². The molecule has 16 heavy (non-hydrogen) atoms. The highest BCUT2D eigenvalue weighted by Gasteiger charge is 2.10. The zero-order valence-corrected chi connectivity index (χ0v) is 9.76. The molecule has 2 rings (SSSR count). The van der Waals surface area contributed by atoms with Gasteiger partial charge in [-0.15, -0.1) is 0 Å². The van der Waals surface area contributed by atoms with Gasteiger partial charge < -0.3 is 19.8 Å². The summed E-state index contributed by atoms with van der Waals surface area (Å²) in [5.41, 5.74) is 2.22. The van der Waals surface area contributed by atoms with Gasteiger partial charge in [0, 0.05) is 30.3 Å². The average Bonchev–Trinajstić information content (AvgIpc) is 2.72. The van der Waals surface area contributed by atoms with Gasteiger partial charge in [0.1, 0.15) is 11.5 Å². The van der Waals surface area contributed by atoms with Gasteiger partial charge in [0.15, 0.2) is 0 Å². The fourth-order valence-corrected chi connectivity index (χ4v) is 1.88. The number of aromatic nitrogens is 1. The van der Waals surface area contributed by atoms with Crippen LogP contribution in [0.25, 0.3) is 10.9 Å². The molecule has 86 valence electrons. The Morgan fingerprint density at radius 3 is 2.69 bits per heavy atom. The van der Waals surface area contributed by atoms with E-state index >= 15 is 0 Å². The van der Waals surface area contributed by atoms with Crippen molar-refractivity contribution < 1.29 is 9.47 Å². The fraction of sp³-hybridized carbons (Fsp3) is 0.333. The second-order valence-electron chi connectivity index (χ2n) is 3.60. The van der Waals surface area contributed by atoms with Crippen molar-refractivity contribution in [2.24, 2.45) is 0 Å². The molecule has 2 N–H and O–H groups in total. The van der Waals surface area contributed by atoms with Crippen molar-refractivity contribution in [3.63, 3.8) is 0 Å². The Bertz CT molecular complexity index is 491. The SMILES string of the molecule is CNCc1c[nH]c2cc(OC)cc(OC)c12. The van der Waals surface area contributed by atoms with E-state index < -0.39 is 0 Å². The van der Waals surface area contributed by atoms with Gasteiger partial charge in [-0.05, 0) is 12.6 Å². The first-order valence-corrected chi connectivity index (χ1v) is 5.16. The summed E-state index contributed by atoms with van der Waals surface area (Å²) in [5, 5.41) is 4.24. The van der Waals surface area contributed by atoms with Gasteiger partial charge in [-0.1, -0.05) is 0 Å². The van der Waals surface area contributed by atoms with Crippen LogP contribution in [-0.4, -0.2) is 26.3 Å². The summed E-state index contributed by atoms with van der Waals surface area (Å²) in [7, 11) is 5.25. The fourth-order valence-electron chi connectivity index (χ4n) is 1.88. The maximum atomic E-state index is 5.39. The minimum atomic E-state index is 0.794. The van der Waals surface area contributed by atoms with Gasteiger partial charge in [0.05, 0.1) is 19.7 Å². The number of hydrogen-bond acceptors (Lipinski definition) is 3. The summed E-state index contributed by atoms with van der Waals surface area (Å²) < 4.78 is 10.6. The number of aromatic amines is 1. The highest BCUT2D eigenvalue weighted by atomic mass is 16.5. The third-order valence-electron chi connectivity index (χ3n) is 2.62. The third-order valence-corrected chi connectivity index (χ3v) is 2.62. The van der Waals surface area contributed by atoms with Crippen LogP contribution in [0.1, 0.15) is 5.56 Å². The molecule has 0 spiro atoms. The van der Waals surface area contributed by atoms with Crippen LogP contribution < -0.4 is 14.8 Å². The van der Waals surface area contributed by atoms with E-state index in [1.165, 1.54) is 5.56 Å². The lowest BCUT2D eigenvalue weighted by Gasteiger charge is -2.07. The Morgan fingerprint density at radius 2 is 2.06 bits per heavy atom. The molecule has 0 amide bonds. The van der Waals surface area contributed by atoms with Crippen LogP contribution in [0.5, 0.6) is 11.5 Å². The van der Waals surface area contributed by atoms with E-state index in [-0.39, 0.29) is 0 Å². The maximum Gasteiger partial charge on any atom is 0.132 e.